The highest BCUT2D eigenvalue weighted by atomic mass is 35.5. The predicted octanol–water partition coefficient (Wildman–Crippen LogP) is 2.41. The molecule has 1 amide bonds. The minimum Gasteiger partial charge on any atom is -0.307 e. The van der Waals surface area contributed by atoms with Gasteiger partial charge < -0.3 is 4.90 Å². The molecule has 2 rings (SSSR count). The van der Waals surface area contributed by atoms with Gasteiger partial charge in [-0.05, 0) is 31.0 Å². The van der Waals surface area contributed by atoms with E-state index in [-0.39, 0.29) is 29.3 Å². The second-order valence-electron chi connectivity index (χ2n) is 4.84. The number of alkyl halides is 1. The lowest BCUT2D eigenvalue weighted by Crippen LogP contribution is -2.42. The number of nitrogens with zero attached hydrogens (tertiary/aromatic N) is 1. The average Bonchev–Trinajstić information content (AvgIpc) is 2.74. The van der Waals surface area contributed by atoms with Crippen LogP contribution < -0.4 is 4.90 Å². The van der Waals surface area contributed by atoms with Crippen LogP contribution in [0, 0.1) is 6.92 Å². The number of sulfone groups is 1. The molecule has 0 radical (unpaired) electrons. The highest BCUT2D eigenvalue weighted by molar-refractivity contribution is 7.91. The molecule has 1 saturated heterocycles. The first-order valence-corrected chi connectivity index (χ1v) is 8.92. The molecule has 0 aromatic heterocycles. The smallest absolute Gasteiger partial charge is 0.242 e. The zero-order valence-electron chi connectivity index (χ0n) is 11.0. The summed E-state index contributed by atoms with van der Waals surface area (Å²) in [6.07, 6.45) is 0.427. The summed E-state index contributed by atoms with van der Waals surface area (Å²) in [5, 5.41) is 0.538. The zero-order valence-corrected chi connectivity index (χ0v) is 13.3. The maximum Gasteiger partial charge on any atom is 0.242 e. The van der Waals surface area contributed by atoms with Crippen LogP contribution in [-0.4, -0.2) is 37.8 Å². The van der Waals surface area contributed by atoms with Crippen LogP contribution in [-0.2, 0) is 14.6 Å². The Morgan fingerprint density at radius 2 is 2.15 bits per heavy atom. The molecular weight excluding hydrogens is 321 g/mol. The number of carbonyl (C=O) groups excluding carboxylic acids is 1. The zero-order chi connectivity index (χ0) is 14.9. The van der Waals surface area contributed by atoms with E-state index in [1.807, 2.05) is 0 Å². The monoisotopic (exact) mass is 335 g/mol. The molecule has 0 N–H and O–H groups in total. The highest BCUT2D eigenvalue weighted by Gasteiger charge is 2.35. The SMILES string of the molecule is Cc1c(Cl)cccc1N(C(=O)CCl)[C@H]1CCS(=O)(=O)C1. The van der Waals surface area contributed by atoms with E-state index in [1.54, 1.807) is 25.1 Å². The minimum absolute atomic E-state index is 0.0262. The fourth-order valence-corrected chi connectivity index (χ4v) is 4.43. The first-order valence-electron chi connectivity index (χ1n) is 6.19. The van der Waals surface area contributed by atoms with E-state index in [2.05, 4.69) is 0 Å². The van der Waals surface area contributed by atoms with E-state index in [9.17, 15) is 13.2 Å². The van der Waals surface area contributed by atoms with Crippen LogP contribution in [0.4, 0.5) is 5.69 Å². The third-order valence-corrected chi connectivity index (χ3v) is 5.84. The molecule has 1 atom stereocenters. The number of anilines is 1. The minimum atomic E-state index is -3.08. The lowest BCUT2D eigenvalue weighted by atomic mass is 10.1. The van der Waals surface area contributed by atoms with E-state index < -0.39 is 9.84 Å². The van der Waals surface area contributed by atoms with Gasteiger partial charge >= 0.3 is 0 Å². The predicted molar refractivity (Wildman–Crippen MR) is 81.5 cm³/mol. The largest absolute Gasteiger partial charge is 0.307 e. The quantitative estimate of drug-likeness (QED) is 0.797. The third-order valence-electron chi connectivity index (χ3n) is 3.46. The number of rotatable bonds is 3. The van der Waals surface area contributed by atoms with Crippen LogP contribution in [0.15, 0.2) is 18.2 Å². The topological polar surface area (TPSA) is 54.5 Å². The Balaban J connectivity index is 2.44. The van der Waals surface area contributed by atoms with E-state index in [4.69, 9.17) is 23.2 Å². The Morgan fingerprint density at radius 3 is 2.70 bits per heavy atom. The van der Waals surface area contributed by atoms with Crippen molar-refractivity contribution in [1.82, 2.24) is 0 Å². The standard InChI is InChI=1S/C13H15Cl2NO3S/c1-9-11(15)3-2-4-12(9)16(13(17)7-14)10-5-6-20(18,19)8-10/h2-4,10H,5-8H2,1H3/t10-/m0/s1. The van der Waals surface area contributed by atoms with Crippen molar-refractivity contribution in [2.75, 3.05) is 22.3 Å². The normalized spacial score (nSPS) is 20.9. The van der Waals surface area contributed by atoms with Gasteiger partial charge in [0.05, 0.1) is 17.5 Å². The van der Waals surface area contributed by atoms with Crippen molar-refractivity contribution in [2.24, 2.45) is 0 Å². The maximum absolute atomic E-state index is 12.1. The Kier molecular flexibility index (Phi) is 4.62. The summed E-state index contributed by atoms with van der Waals surface area (Å²) in [4.78, 5) is 13.6. The van der Waals surface area contributed by atoms with Gasteiger partial charge in [-0.15, -0.1) is 11.6 Å². The van der Waals surface area contributed by atoms with Crippen molar-refractivity contribution < 1.29 is 13.2 Å². The molecule has 20 heavy (non-hydrogen) atoms. The summed E-state index contributed by atoms with van der Waals surface area (Å²) in [6, 6.07) is 4.86. The highest BCUT2D eigenvalue weighted by Crippen LogP contribution is 2.31. The van der Waals surface area contributed by atoms with Crippen LogP contribution in [0.1, 0.15) is 12.0 Å². The Labute approximate surface area is 128 Å². The van der Waals surface area contributed by atoms with Crippen LogP contribution in [0.2, 0.25) is 5.02 Å². The Bertz CT molecular complexity index is 631. The number of hydrogen-bond acceptors (Lipinski definition) is 3. The van der Waals surface area contributed by atoms with Crippen LogP contribution >= 0.6 is 23.2 Å². The van der Waals surface area contributed by atoms with Gasteiger partial charge in [-0.1, -0.05) is 17.7 Å². The van der Waals surface area contributed by atoms with Gasteiger partial charge in [-0.25, -0.2) is 8.42 Å². The summed E-state index contributed by atoms with van der Waals surface area (Å²) in [6.45, 7) is 1.80. The van der Waals surface area contributed by atoms with Gasteiger partial charge in [0.1, 0.15) is 5.88 Å². The fraction of sp³-hybridized carbons (Fsp3) is 0.462. The van der Waals surface area contributed by atoms with E-state index in [0.717, 1.165) is 5.56 Å². The maximum atomic E-state index is 12.1. The van der Waals surface area contributed by atoms with Crippen molar-refractivity contribution in [3.8, 4) is 0 Å². The second-order valence-corrected chi connectivity index (χ2v) is 7.74. The molecule has 1 heterocycles. The van der Waals surface area contributed by atoms with E-state index >= 15 is 0 Å². The van der Waals surface area contributed by atoms with Crippen molar-refractivity contribution in [1.29, 1.82) is 0 Å². The molecular formula is C13H15Cl2NO3S. The average molecular weight is 336 g/mol. The van der Waals surface area contributed by atoms with Crippen molar-refractivity contribution in [3.05, 3.63) is 28.8 Å². The number of halogens is 2. The van der Waals surface area contributed by atoms with Gasteiger partial charge in [0, 0.05) is 10.7 Å². The van der Waals surface area contributed by atoms with E-state index in [1.165, 1.54) is 4.90 Å². The molecule has 1 fully saturated rings. The first kappa shape index (κ1) is 15.6. The molecule has 1 aromatic rings. The summed E-state index contributed by atoms with van der Waals surface area (Å²) >= 11 is 11.7. The lowest BCUT2D eigenvalue weighted by Gasteiger charge is -2.29. The molecule has 1 aliphatic rings. The molecule has 0 spiro atoms. The molecule has 0 unspecified atom stereocenters. The van der Waals surface area contributed by atoms with Gasteiger partial charge in [0.15, 0.2) is 9.84 Å². The molecule has 1 aromatic carbocycles. The number of amides is 1. The van der Waals surface area contributed by atoms with Crippen LogP contribution in [0.3, 0.4) is 0 Å². The summed E-state index contributed by atoms with van der Waals surface area (Å²) < 4.78 is 23.3. The summed E-state index contributed by atoms with van der Waals surface area (Å²) in [7, 11) is -3.08. The molecule has 1 aliphatic heterocycles. The van der Waals surface area contributed by atoms with E-state index in [0.29, 0.717) is 17.1 Å². The number of benzene rings is 1. The second kappa shape index (κ2) is 5.92. The van der Waals surface area contributed by atoms with Gasteiger partial charge in [-0.2, -0.15) is 0 Å². The summed E-state index contributed by atoms with van der Waals surface area (Å²) in [5.74, 6) is -0.424. The Hall–Kier alpha value is -0.780. The lowest BCUT2D eigenvalue weighted by molar-refractivity contribution is -0.116. The molecule has 0 bridgehead atoms. The van der Waals surface area contributed by atoms with Gasteiger partial charge in [0.2, 0.25) is 5.91 Å². The van der Waals surface area contributed by atoms with Gasteiger partial charge in [0.25, 0.3) is 0 Å². The Morgan fingerprint density at radius 1 is 1.45 bits per heavy atom. The summed E-state index contributed by atoms with van der Waals surface area (Å²) in [5.41, 5.74) is 1.38. The molecule has 0 aliphatic carbocycles. The molecule has 7 heteroatoms. The molecule has 110 valence electrons. The van der Waals surface area contributed by atoms with Crippen LogP contribution in [0.5, 0.6) is 0 Å². The van der Waals surface area contributed by atoms with Crippen molar-refractivity contribution in [3.63, 3.8) is 0 Å². The van der Waals surface area contributed by atoms with Gasteiger partial charge in [-0.3, -0.25) is 4.79 Å². The third kappa shape index (κ3) is 3.10. The molecule has 4 nitrogen and oxygen atoms in total. The van der Waals surface area contributed by atoms with Crippen molar-refractivity contribution >= 4 is 44.6 Å². The molecule has 0 saturated carbocycles. The van der Waals surface area contributed by atoms with Crippen molar-refractivity contribution in [2.45, 2.75) is 19.4 Å². The number of carbonyl (C=O) groups is 1. The number of hydrogen-bond donors (Lipinski definition) is 0. The van der Waals surface area contributed by atoms with Crippen LogP contribution in [0.25, 0.3) is 0 Å². The first-order chi connectivity index (χ1) is 9.35. The fourth-order valence-electron chi connectivity index (χ4n) is 2.44.